The molecule has 0 spiro atoms. The zero-order valence-corrected chi connectivity index (χ0v) is 9.72. The van der Waals surface area contributed by atoms with E-state index in [1.807, 2.05) is 13.8 Å². The van der Waals surface area contributed by atoms with Crippen LogP contribution in [0.5, 0.6) is 0 Å². The summed E-state index contributed by atoms with van der Waals surface area (Å²) in [6.45, 7) is 3.65. The van der Waals surface area contributed by atoms with Crippen LogP contribution in [0.25, 0.3) is 11.0 Å². The minimum Gasteiger partial charge on any atom is -0.239 e. The van der Waals surface area contributed by atoms with Gasteiger partial charge in [-0.15, -0.1) is 5.10 Å². The fourth-order valence-corrected chi connectivity index (χ4v) is 1.76. The largest absolute Gasteiger partial charge is 0.239 e. The van der Waals surface area contributed by atoms with E-state index < -0.39 is 11.6 Å². The molecule has 0 amide bonds. The van der Waals surface area contributed by atoms with E-state index in [-0.39, 0.29) is 16.0 Å². The van der Waals surface area contributed by atoms with Crippen LogP contribution in [0.2, 0.25) is 0 Å². The quantitative estimate of drug-likeness (QED) is 0.749. The summed E-state index contributed by atoms with van der Waals surface area (Å²) >= 11 is 2.92. The third-order valence-electron chi connectivity index (χ3n) is 2.08. The monoisotopic (exact) mass is 275 g/mol. The fourth-order valence-electron chi connectivity index (χ4n) is 1.37. The van der Waals surface area contributed by atoms with Gasteiger partial charge in [-0.3, -0.25) is 0 Å². The van der Waals surface area contributed by atoms with Crippen molar-refractivity contribution in [3.8, 4) is 0 Å². The molecule has 0 aliphatic carbocycles. The van der Waals surface area contributed by atoms with Gasteiger partial charge >= 0.3 is 0 Å². The Morgan fingerprint density at radius 1 is 1.33 bits per heavy atom. The van der Waals surface area contributed by atoms with Crippen LogP contribution in [0.3, 0.4) is 0 Å². The highest BCUT2D eigenvalue weighted by molar-refractivity contribution is 9.10. The highest BCUT2D eigenvalue weighted by Gasteiger charge is 2.18. The molecule has 0 atom stereocenters. The Bertz CT molecular complexity index is 522. The number of benzene rings is 1. The van der Waals surface area contributed by atoms with Crippen LogP contribution in [-0.4, -0.2) is 15.0 Å². The van der Waals surface area contributed by atoms with E-state index in [2.05, 4.69) is 26.2 Å². The lowest BCUT2D eigenvalue weighted by molar-refractivity contribution is 0.487. The van der Waals surface area contributed by atoms with Crippen LogP contribution in [0.15, 0.2) is 10.5 Å². The Kier molecular flexibility index (Phi) is 2.46. The maximum atomic E-state index is 13.6. The van der Waals surface area contributed by atoms with Gasteiger partial charge in [0.05, 0.1) is 4.47 Å². The lowest BCUT2D eigenvalue weighted by atomic mass is 10.2. The summed E-state index contributed by atoms with van der Waals surface area (Å²) in [6, 6.07) is 1.35. The molecule has 0 bridgehead atoms. The smallest absolute Gasteiger partial charge is 0.187 e. The van der Waals surface area contributed by atoms with E-state index in [1.54, 1.807) is 0 Å². The SMILES string of the molecule is CC(C)n1nnc2cc(Br)c(F)c(F)c21. The van der Waals surface area contributed by atoms with Gasteiger partial charge in [-0.2, -0.15) is 0 Å². The molecule has 1 heterocycles. The number of fused-ring (bicyclic) bond motifs is 1. The zero-order valence-electron chi connectivity index (χ0n) is 8.13. The van der Waals surface area contributed by atoms with Crippen molar-refractivity contribution in [3.63, 3.8) is 0 Å². The van der Waals surface area contributed by atoms with Gasteiger partial charge in [0.2, 0.25) is 0 Å². The molecule has 0 aliphatic rings. The normalized spacial score (nSPS) is 11.6. The lowest BCUT2D eigenvalue weighted by Gasteiger charge is -2.06. The summed E-state index contributed by atoms with van der Waals surface area (Å²) < 4.78 is 28.3. The van der Waals surface area contributed by atoms with Gasteiger partial charge in [-0.25, -0.2) is 13.5 Å². The molecule has 1 aromatic carbocycles. The summed E-state index contributed by atoms with van der Waals surface area (Å²) in [5, 5.41) is 7.56. The molecule has 0 fully saturated rings. The van der Waals surface area contributed by atoms with Crippen molar-refractivity contribution in [1.29, 1.82) is 0 Å². The van der Waals surface area contributed by atoms with E-state index in [1.165, 1.54) is 10.7 Å². The van der Waals surface area contributed by atoms with Crippen LogP contribution >= 0.6 is 15.9 Å². The first-order chi connectivity index (χ1) is 7.02. The molecule has 80 valence electrons. The zero-order chi connectivity index (χ0) is 11.2. The summed E-state index contributed by atoms with van der Waals surface area (Å²) in [4.78, 5) is 0. The summed E-state index contributed by atoms with van der Waals surface area (Å²) in [6.07, 6.45) is 0. The van der Waals surface area contributed by atoms with Crippen molar-refractivity contribution in [2.45, 2.75) is 19.9 Å². The van der Waals surface area contributed by atoms with Crippen LogP contribution in [0.4, 0.5) is 8.78 Å². The van der Waals surface area contributed by atoms with Crippen molar-refractivity contribution in [3.05, 3.63) is 22.2 Å². The van der Waals surface area contributed by atoms with E-state index in [0.717, 1.165) is 0 Å². The Hall–Kier alpha value is -1.04. The van der Waals surface area contributed by atoms with Gasteiger partial charge in [0, 0.05) is 6.04 Å². The van der Waals surface area contributed by atoms with Gasteiger partial charge in [-0.1, -0.05) is 5.21 Å². The van der Waals surface area contributed by atoms with Crippen molar-refractivity contribution in [1.82, 2.24) is 15.0 Å². The van der Waals surface area contributed by atoms with E-state index >= 15 is 0 Å². The highest BCUT2D eigenvalue weighted by atomic mass is 79.9. The average molecular weight is 276 g/mol. The molecule has 15 heavy (non-hydrogen) atoms. The van der Waals surface area contributed by atoms with Crippen LogP contribution in [-0.2, 0) is 0 Å². The van der Waals surface area contributed by atoms with Gasteiger partial charge in [0.1, 0.15) is 11.0 Å². The van der Waals surface area contributed by atoms with Gasteiger partial charge in [0.15, 0.2) is 11.6 Å². The lowest BCUT2D eigenvalue weighted by Crippen LogP contribution is -2.04. The molecule has 2 aromatic rings. The molecular formula is C9H8BrF2N3. The molecule has 0 saturated carbocycles. The molecule has 0 aliphatic heterocycles. The third kappa shape index (κ3) is 1.52. The van der Waals surface area contributed by atoms with Crippen LogP contribution in [0, 0.1) is 11.6 Å². The van der Waals surface area contributed by atoms with E-state index in [0.29, 0.717) is 5.52 Å². The minimum absolute atomic E-state index is 0.0586. The molecular weight excluding hydrogens is 268 g/mol. The maximum absolute atomic E-state index is 13.6. The molecule has 3 nitrogen and oxygen atoms in total. The van der Waals surface area contributed by atoms with E-state index in [4.69, 9.17) is 0 Å². The predicted octanol–water partition coefficient (Wildman–Crippen LogP) is 3.05. The first-order valence-corrected chi connectivity index (χ1v) is 5.20. The van der Waals surface area contributed by atoms with Crippen LogP contribution < -0.4 is 0 Å². The van der Waals surface area contributed by atoms with Gasteiger partial charge in [-0.05, 0) is 35.8 Å². The summed E-state index contributed by atoms with van der Waals surface area (Å²) in [5.41, 5.74) is 0.445. The second kappa shape index (κ2) is 3.52. The first kappa shape index (κ1) is 10.5. The molecule has 0 radical (unpaired) electrons. The van der Waals surface area contributed by atoms with Crippen molar-refractivity contribution in [2.75, 3.05) is 0 Å². The topological polar surface area (TPSA) is 30.7 Å². The number of rotatable bonds is 1. The van der Waals surface area contributed by atoms with Crippen LogP contribution in [0.1, 0.15) is 19.9 Å². The van der Waals surface area contributed by atoms with Gasteiger partial charge in [0.25, 0.3) is 0 Å². The van der Waals surface area contributed by atoms with Crippen molar-refractivity contribution in [2.24, 2.45) is 0 Å². The number of hydrogen-bond donors (Lipinski definition) is 0. The molecule has 2 rings (SSSR count). The Morgan fingerprint density at radius 2 is 2.00 bits per heavy atom. The predicted molar refractivity (Wildman–Crippen MR) is 55.5 cm³/mol. The van der Waals surface area contributed by atoms with E-state index in [9.17, 15) is 8.78 Å². The summed E-state index contributed by atoms with van der Waals surface area (Å²) in [7, 11) is 0. The third-order valence-corrected chi connectivity index (χ3v) is 2.66. The number of aromatic nitrogens is 3. The average Bonchev–Trinajstić information content (AvgIpc) is 2.58. The molecule has 6 heteroatoms. The van der Waals surface area contributed by atoms with Gasteiger partial charge < -0.3 is 0 Å². The van der Waals surface area contributed by atoms with Crippen molar-refractivity contribution >= 4 is 27.0 Å². The standard InChI is InChI=1S/C9H8BrF2N3/c1-4(2)15-9-6(13-14-15)3-5(10)7(11)8(9)12/h3-4H,1-2H3. The minimum atomic E-state index is -0.918. The Balaban J connectivity index is 2.85. The summed E-state index contributed by atoms with van der Waals surface area (Å²) in [5.74, 6) is -1.83. The first-order valence-electron chi connectivity index (χ1n) is 4.40. The second-order valence-electron chi connectivity index (χ2n) is 3.48. The fraction of sp³-hybridized carbons (Fsp3) is 0.333. The Morgan fingerprint density at radius 3 is 2.60 bits per heavy atom. The maximum Gasteiger partial charge on any atom is 0.187 e. The van der Waals surface area contributed by atoms with Crippen molar-refractivity contribution < 1.29 is 8.78 Å². The number of nitrogens with zero attached hydrogens (tertiary/aromatic N) is 3. The Labute approximate surface area is 93.2 Å². The molecule has 0 N–H and O–H groups in total. The highest BCUT2D eigenvalue weighted by Crippen LogP contribution is 2.27. The molecule has 0 saturated heterocycles. The number of hydrogen-bond acceptors (Lipinski definition) is 2. The number of halogens is 3. The second-order valence-corrected chi connectivity index (χ2v) is 4.34. The molecule has 1 aromatic heterocycles. The molecule has 0 unspecified atom stereocenters.